The number of halogens is 1. The number of piperidine rings is 1. The predicted octanol–water partition coefficient (Wildman–Crippen LogP) is 1.13. The molecule has 2 fully saturated rings. The number of ether oxygens (including phenoxy) is 1. The minimum absolute atomic E-state index is 0.0248. The van der Waals surface area contributed by atoms with Gasteiger partial charge in [0.2, 0.25) is 11.9 Å². The maximum atomic E-state index is 13.0. The van der Waals surface area contributed by atoms with E-state index in [0.717, 1.165) is 18.8 Å². The van der Waals surface area contributed by atoms with Crippen molar-refractivity contribution in [3.63, 3.8) is 0 Å². The van der Waals surface area contributed by atoms with Gasteiger partial charge in [-0.25, -0.2) is 14.4 Å². The molecule has 1 aromatic heterocycles. The number of fused-ring (bicyclic) bond motifs is 1. The summed E-state index contributed by atoms with van der Waals surface area (Å²) in [6, 6.07) is 0.0839. The van der Waals surface area contributed by atoms with E-state index in [1.807, 2.05) is 18.7 Å². The third kappa shape index (κ3) is 2.65. The quantitative estimate of drug-likeness (QED) is 0.906. The molecular formula is C15H21FN4O2. The zero-order valence-corrected chi connectivity index (χ0v) is 12.9. The van der Waals surface area contributed by atoms with Gasteiger partial charge in [-0.05, 0) is 26.7 Å². The second-order valence-electron chi connectivity index (χ2n) is 6.31. The predicted molar refractivity (Wildman–Crippen MR) is 78.9 cm³/mol. The Morgan fingerprint density at radius 2 is 2.23 bits per heavy atom. The number of nitrogens with one attached hydrogen (secondary N) is 1. The van der Waals surface area contributed by atoms with Crippen molar-refractivity contribution in [2.24, 2.45) is 5.41 Å². The molecule has 0 aromatic carbocycles. The molecule has 0 saturated carbocycles. The largest absolute Gasteiger partial charge is 0.377 e. The first-order valence-corrected chi connectivity index (χ1v) is 7.66. The summed E-state index contributed by atoms with van der Waals surface area (Å²) in [6.45, 7) is 5.69. The molecule has 2 atom stereocenters. The maximum absolute atomic E-state index is 13.0. The van der Waals surface area contributed by atoms with Crippen LogP contribution in [0.5, 0.6) is 0 Å². The highest BCUT2D eigenvalue weighted by molar-refractivity contribution is 5.85. The van der Waals surface area contributed by atoms with E-state index in [1.165, 1.54) is 0 Å². The molecule has 1 aromatic rings. The van der Waals surface area contributed by atoms with Gasteiger partial charge < -0.3 is 15.0 Å². The van der Waals surface area contributed by atoms with E-state index in [-0.39, 0.29) is 18.1 Å². The van der Waals surface area contributed by atoms with Crippen LogP contribution >= 0.6 is 0 Å². The number of amides is 1. The van der Waals surface area contributed by atoms with E-state index >= 15 is 0 Å². The number of hydrogen-bond donors (Lipinski definition) is 1. The van der Waals surface area contributed by atoms with Crippen LogP contribution in [0, 0.1) is 11.2 Å². The number of aromatic nitrogens is 2. The fourth-order valence-corrected chi connectivity index (χ4v) is 3.31. The molecule has 0 spiro atoms. The van der Waals surface area contributed by atoms with Crippen molar-refractivity contribution in [1.29, 1.82) is 0 Å². The van der Waals surface area contributed by atoms with Gasteiger partial charge in [-0.1, -0.05) is 0 Å². The first-order valence-electron chi connectivity index (χ1n) is 7.66. The van der Waals surface area contributed by atoms with E-state index in [2.05, 4.69) is 15.3 Å². The molecule has 3 rings (SSSR count). The van der Waals surface area contributed by atoms with Gasteiger partial charge in [0.05, 0.1) is 23.9 Å². The van der Waals surface area contributed by atoms with Gasteiger partial charge in [0.25, 0.3) is 0 Å². The van der Waals surface area contributed by atoms with Gasteiger partial charge in [0.15, 0.2) is 5.82 Å². The van der Waals surface area contributed by atoms with Gasteiger partial charge >= 0.3 is 0 Å². The first kappa shape index (κ1) is 15.1. The fraction of sp³-hybridized carbons (Fsp3) is 0.667. The zero-order chi connectivity index (χ0) is 15.7. The molecule has 2 saturated heterocycles. The summed E-state index contributed by atoms with van der Waals surface area (Å²) >= 11 is 0. The standard InChI is InChI=1S/C15H21FN4O2/c1-10(2)19-13(21)15-4-6-22-12(15)3-5-20(9-15)14-17-7-11(16)8-18-14/h7-8,10,12H,3-6,9H2,1-2H3,(H,19,21)/t12-,15+/m1/s1. The van der Waals surface area contributed by atoms with E-state index in [4.69, 9.17) is 4.74 Å². The van der Waals surface area contributed by atoms with Crippen molar-refractivity contribution in [2.75, 3.05) is 24.6 Å². The van der Waals surface area contributed by atoms with Crippen LogP contribution in [0.4, 0.5) is 10.3 Å². The summed E-state index contributed by atoms with van der Waals surface area (Å²) < 4.78 is 18.8. The Balaban J connectivity index is 1.83. The third-order valence-corrected chi connectivity index (χ3v) is 4.38. The van der Waals surface area contributed by atoms with Crippen LogP contribution in [0.2, 0.25) is 0 Å². The lowest BCUT2D eigenvalue weighted by molar-refractivity contribution is -0.135. The first-order chi connectivity index (χ1) is 10.5. The topological polar surface area (TPSA) is 67.3 Å². The molecule has 22 heavy (non-hydrogen) atoms. The lowest BCUT2D eigenvalue weighted by Crippen LogP contribution is -2.58. The number of anilines is 1. The van der Waals surface area contributed by atoms with Crippen molar-refractivity contribution in [3.8, 4) is 0 Å². The second-order valence-corrected chi connectivity index (χ2v) is 6.31. The van der Waals surface area contributed by atoms with Crippen molar-refractivity contribution >= 4 is 11.9 Å². The maximum Gasteiger partial charge on any atom is 0.230 e. The minimum Gasteiger partial charge on any atom is -0.377 e. The number of carbonyl (C=O) groups is 1. The van der Waals surface area contributed by atoms with Gasteiger partial charge in [-0.3, -0.25) is 4.79 Å². The van der Waals surface area contributed by atoms with Gasteiger partial charge in [-0.15, -0.1) is 0 Å². The van der Waals surface area contributed by atoms with E-state index in [1.54, 1.807) is 0 Å². The van der Waals surface area contributed by atoms with E-state index < -0.39 is 11.2 Å². The molecule has 1 amide bonds. The number of hydrogen-bond acceptors (Lipinski definition) is 5. The highest BCUT2D eigenvalue weighted by Crippen LogP contribution is 2.41. The Morgan fingerprint density at radius 1 is 1.50 bits per heavy atom. The summed E-state index contributed by atoms with van der Waals surface area (Å²) in [5.41, 5.74) is -0.569. The van der Waals surface area contributed by atoms with Gasteiger partial charge in [0, 0.05) is 25.7 Å². The smallest absolute Gasteiger partial charge is 0.230 e. The Hall–Kier alpha value is -1.76. The average Bonchev–Trinajstić information content (AvgIpc) is 2.91. The lowest BCUT2D eigenvalue weighted by Gasteiger charge is -2.42. The SMILES string of the molecule is CC(C)NC(=O)[C@]12CCO[C@@H]1CCN(c1ncc(F)cn1)C2. The third-order valence-electron chi connectivity index (χ3n) is 4.38. The molecule has 1 N–H and O–H groups in total. The summed E-state index contributed by atoms with van der Waals surface area (Å²) in [7, 11) is 0. The van der Waals surface area contributed by atoms with Crippen molar-refractivity contribution in [1.82, 2.24) is 15.3 Å². The Kier molecular flexibility index (Phi) is 3.99. The van der Waals surface area contributed by atoms with Crippen molar-refractivity contribution in [2.45, 2.75) is 38.8 Å². The molecule has 0 bridgehead atoms. The molecule has 6 nitrogen and oxygen atoms in total. The van der Waals surface area contributed by atoms with Crippen LogP contribution < -0.4 is 10.2 Å². The lowest BCUT2D eigenvalue weighted by atomic mass is 9.75. The van der Waals surface area contributed by atoms with E-state index in [0.29, 0.717) is 32.1 Å². The van der Waals surface area contributed by atoms with Crippen molar-refractivity contribution < 1.29 is 13.9 Å². The Labute approximate surface area is 129 Å². The molecular weight excluding hydrogens is 287 g/mol. The molecule has 3 heterocycles. The van der Waals surface area contributed by atoms with Crippen LogP contribution in [-0.4, -0.2) is 47.7 Å². The molecule has 0 aliphatic carbocycles. The average molecular weight is 308 g/mol. The summed E-state index contributed by atoms with van der Waals surface area (Å²) in [6.07, 6.45) is 3.67. The monoisotopic (exact) mass is 308 g/mol. The van der Waals surface area contributed by atoms with Crippen LogP contribution in [0.15, 0.2) is 12.4 Å². The summed E-state index contributed by atoms with van der Waals surface area (Å²) in [5, 5.41) is 3.01. The normalized spacial score (nSPS) is 27.8. The minimum atomic E-state index is -0.569. The van der Waals surface area contributed by atoms with Crippen molar-refractivity contribution in [3.05, 3.63) is 18.2 Å². The Bertz CT molecular complexity index is 551. The highest BCUT2D eigenvalue weighted by atomic mass is 19.1. The molecule has 120 valence electrons. The highest BCUT2D eigenvalue weighted by Gasteiger charge is 2.53. The molecule has 0 radical (unpaired) electrons. The van der Waals surface area contributed by atoms with Crippen LogP contribution in [0.25, 0.3) is 0 Å². The van der Waals surface area contributed by atoms with Crippen LogP contribution in [0.3, 0.4) is 0 Å². The number of carbonyl (C=O) groups excluding carboxylic acids is 1. The molecule has 2 aliphatic heterocycles. The summed E-state index contributed by atoms with van der Waals surface area (Å²) in [4.78, 5) is 22.7. The van der Waals surface area contributed by atoms with Crippen LogP contribution in [-0.2, 0) is 9.53 Å². The second kappa shape index (κ2) is 5.79. The number of nitrogens with zero attached hydrogens (tertiary/aromatic N) is 3. The number of rotatable bonds is 3. The Morgan fingerprint density at radius 3 is 2.91 bits per heavy atom. The molecule has 2 aliphatic rings. The van der Waals surface area contributed by atoms with Crippen LogP contribution in [0.1, 0.15) is 26.7 Å². The van der Waals surface area contributed by atoms with E-state index in [9.17, 15) is 9.18 Å². The molecule has 0 unspecified atom stereocenters. The fourth-order valence-electron chi connectivity index (χ4n) is 3.31. The molecule has 7 heteroatoms. The zero-order valence-electron chi connectivity index (χ0n) is 12.9. The van der Waals surface area contributed by atoms with Gasteiger partial charge in [0.1, 0.15) is 0 Å². The van der Waals surface area contributed by atoms with Gasteiger partial charge in [-0.2, -0.15) is 0 Å². The summed E-state index contributed by atoms with van der Waals surface area (Å²) in [5.74, 6) is 0.0235.